The van der Waals surface area contributed by atoms with Gasteiger partial charge in [-0.25, -0.2) is 4.98 Å². The lowest BCUT2D eigenvalue weighted by molar-refractivity contribution is 0.129. The summed E-state index contributed by atoms with van der Waals surface area (Å²) in [5, 5.41) is 10.00. The number of nitriles is 1. The highest BCUT2D eigenvalue weighted by Crippen LogP contribution is 2.29. The molecule has 1 fully saturated rings. The van der Waals surface area contributed by atoms with Crippen molar-refractivity contribution in [2.75, 3.05) is 12.4 Å². The molecular weight excluding hydrogens is 244 g/mol. The average molecular weight is 255 g/mol. The normalized spacial score (nSPS) is 19.6. The Balaban J connectivity index is 2.01. The second kappa shape index (κ2) is 5.53. The number of aromatic nitrogens is 1. The number of ether oxygens (including phenoxy) is 1. The Morgan fingerprint density at radius 1 is 1.69 bits per heavy atom. The Morgan fingerprint density at radius 2 is 2.56 bits per heavy atom. The molecule has 1 aromatic rings. The van der Waals surface area contributed by atoms with E-state index in [0.717, 1.165) is 30.2 Å². The zero-order valence-electron chi connectivity index (χ0n) is 8.65. The summed E-state index contributed by atoms with van der Waals surface area (Å²) < 4.78 is 5.51. The lowest BCUT2D eigenvalue weighted by Gasteiger charge is -2.09. The van der Waals surface area contributed by atoms with Crippen molar-refractivity contribution in [1.82, 2.24) is 4.98 Å². The van der Waals surface area contributed by atoms with Crippen LogP contribution in [-0.4, -0.2) is 23.4 Å². The van der Waals surface area contributed by atoms with Gasteiger partial charge in [0, 0.05) is 18.6 Å². The van der Waals surface area contributed by atoms with Gasteiger partial charge in [-0.15, -0.1) is 11.8 Å². The topological polar surface area (TPSA) is 45.9 Å². The quantitative estimate of drug-likeness (QED) is 0.778. The highest BCUT2D eigenvalue weighted by Gasteiger charge is 2.17. The monoisotopic (exact) mass is 254 g/mol. The first-order chi connectivity index (χ1) is 7.81. The van der Waals surface area contributed by atoms with Crippen molar-refractivity contribution < 1.29 is 4.74 Å². The first-order valence-corrected chi connectivity index (χ1v) is 6.46. The van der Waals surface area contributed by atoms with Gasteiger partial charge in [-0.2, -0.15) is 5.26 Å². The number of hydrogen-bond acceptors (Lipinski definition) is 4. The minimum Gasteiger partial charge on any atom is -0.377 e. The summed E-state index contributed by atoms with van der Waals surface area (Å²) in [6.45, 7) is 0.852. The summed E-state index contributed by atoms with van der Waals surface area (Å²) >= 11 is 7.60. The number of thioether (sulfide) groups is 1. The van der Waals surface area contributed by atoms with Crippen LogP contribution in [0, 0.1) is 11.3 Å². The van der Waals surface area contributed by atoms with Gasteiger partial charge in [0.2, 0.25) is 0 Å². The smallest absolute Gasteiger partial charge is 0.116 e. The van der Waals surface area contributed by atoms with E-state index in [1.54, 1.807) is 24.0 Å². The summed E-state index contributed by atoms with van der Waals surface area (Å²) in [7, 11) is 0. The molecule has 0 bridgehead atoms. The van der Waals surface area contributed by atoms with Gasteiger partial charge >= 0.3 is 0 Å². The van der Waals surface area contributed by atoms with Crippen molar-refractivity contribution in [3.8, 4) is 6.07 Å². The molecule has 16 heavy (non-hydrogen) atoms. The first kappa shape index (κ1) is 11.7. The van der Waals surface area contributed by atoms with E-state index in [-0.39, 0.29) is 0 Å². The van der Waals surface area contributed by atoms with Gasteiger partial charge in [-0.05, 0) is 18.9 Å². The third kappa shape index (κ3) is 2.67. The molecule has 84 valence electrons. The molecule has 0 N–H and O–H groups in total. The van der Waals surface area contributed by atoms with Crippen LogP contribution in [0.5, 0.6) is 0 Å². The molecule has 1 atom stereocenters. The molecule has 0 aliphatic carbocycles. The molecule has 2 rings (SSSR count). The lowest BCUT2D eigenvalue weighted by atomic mass is 10.3. The first-order valence-electron chi connectivity index (χ1n) is 5.10. The maximum Gasteiger partial charge on any atom is 0.116 e. The summed E-state index contributed by atoms with van der Waals surface area (Å²) in [5.74, 6) is 0.849. The molecule has 0 saturated carbocycles. The van der Waals surface area contributed by atoms with Crippen molar-refractivity contribution in [2.45, 2.75) is 24.0 Å². The molecule has 1 saturated heterocycles. The summed E-state index contributed by atoms with van der Waals surface area (Å²) in [4.78, 5) is 4.17. The highest BCUT2D eigenvalue weighted by atomic mass is 35.5. The number of hydrogen-bond donors (Lipinski definition) is 0. The van der Waals surface area contributed by atoms with Gasteiger partial charge < -0.3 is 4.74 Å². The van der Waals surface area contributed by atoms with Crippen LogP contribution in [0.4, 0.5) is 0 Å². The van der Waals surface area contributed by atoms with Gasteiger partial charge in [0.05, 0.1) is 16.7 Å². The van der Waals surface area contributed by atoms with Crippen LogP contribution in [0.1, 0.15) is 18.4 Å². The Kier molecular flexibility index (Phi) is 4.05. The van der Waals surface area contributed by atoms with E-state index in [0.29, 0.717) is 16.7 Å². The molecule has 2 heterocycles. The molecule has 1 aromatic heterocycles. The standard InChI is InChI=1S/C11H11ClN2OS/c12-10-8(6-13)3-4-14-11(10)16-7-9-2-1-5-15-9/h3-4,9H,1-2,5,7H2. The van der Waals surface area contributed by atoms with Crippen LogP contribution < -0.4 is 0 Å². The van der Waals surface area contributed by atoms with Crippen LogP contribution in [0.25, 0.3) is 0 Å². The minimum absolute atomic E-state index is 0.300. The Morgan fingerprint density at radius 3 is 3.25 bits per heavy atom. The number of pyridine rings is 1. The lowest BCUT2D eigenvalue weighted by Crippen LogP contribution is -2.08. The maximum absolute atomic E-state index is 8.83. The van der Waals surface area contributed by atoms with Gasteiger partial charge in [-0.3, -0.25) is 0 Å². The summed E-state index contributed by atoms with van der Waals surface area (Å²) in [6.07, 6.45) is 4.14. The molecule has 1 aliphatic heterocycles. The highest BCUT2D eigenvalue weighted by molar-refractivity contribution is 7.99. The van der Waals surface area contributed by atoms with Crippen LogP contribution in [0.15, 0.2) is 17.3 Å². The SMILES string of the molecule is N#Cc1ccnc(SCC2CCCO2)c1Cl. The summed E-state index contributed by atoms with van der Waals surface area (Å²) in [5.41, 5.74) is 0.478. The molecule has 3 nitrogen and oxygen atoms in total. The Bertz CT molecular complexity index is 413. The van der Waals surface area contributed by atoms with Crippen LogP contribution >= 0.6 is 23.4 Å². The maximum atomic E-state index is 8.83. The second-order valence-electron chi connectivity index (χ2n) is 3.54. The van der Waals surface area contributed by atoms with Gasteiger partial charge in [-0.1, -0.05) is 11.6 Å². The van der Waals surface area contributed by atoms with E-state index >= 15 is 0 Å². The molecule has 0 radical (unpaired) electrons. The Labute approximate surface area is 104 Å². The Hall–Kier alpha value is -0.760. The van der Waals surface area contributed by atoms with Crippen LogP contribution in [0.3, 0.4) is 0 Å². The van der Waals surface area contributed by atoms with E-state index in [4.69, 9.17) is 21.6 Å². The average Bonchev–Trinajstić information content (AvgIpc) is 2.81. The third-order valence-corrected chi connectivity index (χ3v) is 4.02. The third-order valence-electron chi connectivity index (χ3n) is 2.41. The van der Waals surface area contributed by atoms with Gasteiger partial charge in [0.1, 0.15) is 11.1 Å². The van der Waals surface area contributed by atoms with E-state index in [2.05, 4.69) is 4.98 Å². The van der Waals surface area contributed by atoms with Crippen molar-refractivity contribution in [1.29, 1.82) is 5.26 Å². The van der Waals surface area contributed by atoms with Crippen molar-refractivity contribution in [3.63, 3.8) is 0 Å². The zero-order chi connectivity index (χ0) is 11.4. The largest absolute Gasteiger partial charge is 0.377 e. The number of nitrogens with zero attached hydrogens (tertiary/aromatic N) is 2. The molecule has 0 spiro atoms. The fraction of sp³-hybridized carbons (Fsp3) is 0.455. The van der Waals surface area contributed by atoms with Crippen LogP contribution in [-0.2, 0) is 4.74 Å². The molecule has 0 amide bonds. The molecule has 0 aromatic carbocycles. The molecular formula is C11H11ClN2OS. The second-order valence-corrected chi connectivity index (χ2v) is 4.92. The predicted molar refractivity (Wildman–Crippen MR) is 63.7 cm³/mol. The fourth-order valence-electron chi connectivity index (χ4n) is 1.56. The predicted octanol–water partition coefficient (Wildman–Crippen LogP) is 2.88. The number of halogens is 1. The van der Waals surface area contributed by atoms with E-state index in [9.17, 15) is 0 Å². The summed E-state index contributed by atoms with van der Waals surface area (Å²) in [6, 6.07) is 3.67. The molecule has 5 heteroatoms. The fourth-order valence-corrected chi connectivity index (χ4v) is 2.86. The van der Waals surface area contributed by atoms with Crippen LogP contribution in [0.2, 0.25) is 5.02 Å². The van der Waals surface area contributed by atoms with Gasteiger partial charge in [0.25, 0.3) is 0 Å². The molecule has 1 unspecified atom stereocenters. The number of rotatable bonds is 3. The van der Waals surface area contributed by atoms with Gasteiger partial charge in [0.15, 0.2) is 0 Å². The van der Waals surface area contributed by atoms with E-state index < -0.39 is 0 Å². The van der Waals surface area contributed by atoms with E-state index in [1.807, 2.05) is 6.07 Å². The molecule has 1 aliphatic rings. The van der Waals surface area contributed by atoms with Crippen molar-refractivity contribution >= 4 is 23.4 Å². The zero-order valence-corrected chi connectivity index (χ0v) is 10.2. The minimum atomic E-state index is 0.300. The van der Waals surface area contributed by atoms with E-state index in [1.165, 1.54) is 0 Å². The van der Waals surface area contributed by atoms with Crippen molar-refractivity contribution in [3.05, 3.63) is 22.8 Å². The van der Waals surface area contributed by atoms with Crippen molar-refractivity contribution in [2.24, 2.45) is 0 Å².